The lowest BCUT2D eigenvalue weighted by Crippen LogP contribution is -2.38. The maximum Gasteiger partial charge on any atom is 0.416 e. The molecule has 0 aliphatic carbocycles. The number of benzene rings is 2. The minimum absolute atomic E-state index is 0.0962. The highest BCUT2D eigenvalue weighted by molar-refractivity contribution is 8.00. The van der Waals surface area contributed by atoms with E-state index < -0.39 is 17.6 Å². The average Bonchev–Trinajstić information content (AvgIpc) is 3.47. The number of aromatic nitrogens is 2. The molecule has 2 aromatic carbocycles. The molecule has 0 atom stereocenters. The largest absolute Gasteiger partial charge is 0.416 e. The Kier molecular flexibility index (Phi) is 8.51. The van der Waals surface area contributed by atoms with Crippen LogP contribution in [-0.2, 0) is 11.0 Å². The normalized spacial score (nSPS) is 14.2. The van der Waals surface area contributed by atoms with Gasteiger partial charge in [0, 0.05) is 52.9 Å². The number of thioether (sulfide) groups is 1. The Labute approximate surface area is 237 Å². The van der Waals surface area contributed by atoms with Gasteiger partial charge >= 0.3 is 6.18 Å². The summed E-state index contributed by atoms with van der Waals surface area (Å²) < 4.78 is 39.7. The second-order valence-electron chi connectivity index (χ2n) is 9.28. The van der Waals surface area contributed by atoms with Crippen molar-refractivity contribution < 1.29 is 22.8 Å². The van der Waals surface area contributed by atoms with Gasteiger partial charge in [0.2, 0.25) is 5.91 Å². The minimum Gasteiger partial charge on any atom is -0.342 e. The number of nitrogens with zero attached hydrogens (tertiary/aromatic N) is 3. The van der Waals surface area contributed by atoms with Gasteiger partial charge in [-0.25, -0.2) is 4.98 Å². The number of pyridine rings is 1. The fourth-order valence-electron chi connectivity index (χ4n) is 4.52. The lowest BCUT2D eigenvalue weighted by atomic mass is 9.97. The number of anilines is 1. The molecule has 11 heteroatoms. The van der Waals surface area contributed by atoms with Crippen LogP contribution in [0.1, 0.15) is 39.8 Å². The smallest absolute Gasteiger partial charge is 0.342 e. The first kappa shape index (κ1) is 27.9. The van der Waals surface area contributed by atoms with Crippen LogP contribution in [0.4, 0.5) is 18.9 Å². The Morgan fingerprint density at radius 1 is 1.02 bits per heavy atom. The third-order valence-electron chi connectivity index (χ3n) is 6.64. The fraction of sp³-hybridized carbons (Fsp3) is 0.241. The summed E-state index contributed by atoms with van der Waals surface area (Å²) in [4.78, 5) is 37.1. The zero-order valence-electron chi connectivity index (χ0n) is 21.2. The van der Waals surface area contributed by atoms with Gasteiger partial charge in [0.25, 0.3) is 5.91 Å². The molecule has 1 aliphatic rings. The van der Waals surface area contributed by atoms with Gasteiger partial charge < -0.3 is 10.2 Å². The first-order chi connectivity index (χ1) is 19.3. The third kappa shape index (κ3) is 6.71. The van der Waals surface area contributed by atoms with Crippen molar-refractivity contribution in [3.8, 4) is 11.1 Å². The predicted molar refractivity (Wildman–Crippen MR) is 150 cm³/mol. The van der Waals surface area contributed by atoms with Crippen molar-refractivity contribution in [1.29, 1.82) is 0 Å². The van der Waals surface area contributed by atoms with Gasteiger partial charge in [-0.2, -0.15) is 13.2 Å². The number of hydrogen-bond acceptors (Lipinski definition) is 6. The number of para-hydroxylation sites is 1. The molecule has 40 heavy (non-hydrogen) atoms. The second kappa shape index (κ2) is 12.2. The number of alkyl halides is 3. The van der Waals surface area contributed by atoms with Gasteiger partial charge in [-0.3, -0.25) is 14.6 Å². The highest BCUT2D eigenvalue weighted by atomic mass is 32.2. The van der Waals surface area contributed by atoms with E-state index in [0.717, 1.165) is 34.9 Å². The highest BCUT2D eigenvalue weighted by Gasteiger charge is 2.31. The van der Waals surface area contributed by atoms with E-state index in [1.165, 1.54) is 29.2 Å². The van der Waals surface area contributed by atoms with Gasteiger partial charge in [0.15, 0.2) is 0 Å². The summed E-state index contributed by atoms with van der Waals surface area (Å²) in [6.07, 6.45) is 0.469. The van der Waals surface area contributed by atoms with Crippen LogP contribution < -0.4 is 5.32 Å². The summed E-state index contributed by atoms with van der Waals surface area (Å²) in [6, 6.07) is 15.5. The molecule has 0 unspecified atom stereocenters. The van der Waals surface area contributed by atoms with Crippen LogP contribution >= 0.6 is 23.1 Å². The first-order valence-electron chi connectivity index (χ1n) is 12.6. The number of hydrogen-bond donors (Lipinski definition) is 1. The predicted octanol–water partition coefficient (Wildman–Crippen LogP) is 6.97. The molecule has 0 bridgehead atoms. The summed E-state index contributed by atoms with van der Waals surface area (Å²) in [5.41, 5.74) is 0.737. The number of piperidine rings is 1. The molecular weight excluding hydrogens is 557 g/mol. The Balaban J connectivity index is 1.19. The van der Waals surface area contributed by atoms with E-state index in [4.69, 9.17) is 0 Å². The molecule has 0 spiro atoms. The molecule has 1 N–H and O–H groups in total. The molecule has 1 aliphatic heterocycles. The number of amides is 2. The van der Waals surface area contributed by atoms with Crippen molar-refractivity contribution in [2.75, 3.05) is 24.2 Å². The van der Waals surface area contributed by atoms with Crippen LogP contribution in [0.2, 0.25) is 0 Å². The quantitative estimate of drug-likeness (QED) is 0.238. The van der Waals surface area contributed by atoms with E-state index in [1.807, 2.05) is 17.0 Å². The Morgan fingerprint density at radius 2 is 1.77 bits per heavy atom. The van der Waals surface area contributed by atoms with Crippen LogP contribution in [-0.4, -0.2) is 45.5 Å². The maximum absolute atomic E-state index is 13.2. The van der Waals surface area contributed by atoms with Crippen molar-refractivity contribution in [3.63, 3.8) is 0 Å². The third-order valence-corrected chi connectivity index (χ3v) is 8.64. The topological polar surface area (TPSA) is 75.2 Å². The van der Waals surface area contributed by atoms with Gasteiger partial charge in [-0.15, -0.1) is 23.1 Å². The van der Waals surface area contributed by atoms with Crippen molar-refractivity contribution in [1.82, 2.24) is 14.9 Å². The highest BCUT2D eigenvalue weighted by Crippen LogP contribution is 2.35. The molecule has 0 radical (unpaired) electrons. The first-order valence-corrected chi connectivity index (χ1v) is 14.5. The van der Waals surface area contributed by atoms with E-state index in [9.17, 15) is 22.8 Å². The molecule has 0 saturated carbocycles. The number of carbonyl (C=O) groups is 2. The maximum atomic E-state index is 13.2. The average molecular weight is 583 g/mol. The summed E-state index contributed by atoms with van der Waals surface area (Å²) in [7, 11) is 0. The number of halogens is 3. The number of rotatable bonds is 7. The number of likely N-dealkylation sites (tertiary alicyclic amines) is 1. The fourth-order valence-corrected chi connectivity index (χ4v) is 6.28. The van der Waals surface area contributed by atoms with Gasteiger partial charge in [-0.05, 0) is 48.7 Å². The number of thiazole rings is 1. The van der Waals surface area contributed by atoms with E-state index >= 15 is 0 Å². The standard InChI is InChI=1S/C29H25F3N4O2S2/c30-29(31,32)21-5-3-4-20(16-21)23-6-1-2-7-24(23)34-27(38)25-17-40-28(35-25)19-10-14-36(15-11-19)26(37)18-39-22-8-12-33-13-9-22/h1-9,12-13,16-17,19H,10-11,14-15,18H2,(H,34,38). The second-order valence-corrected chi connectivity index (χ2v) is 11.2. The Bertz CT molecular complexity index is 1490. The zero-order chi connectivity index (χ0) is 28.1. The lowest BCUT2D eigenvalue weighted by Gasteiger charge is -2.31. The van der Waals surface area contributed by atoms with E-state index in [1.54, 1.807) is 48.1 Å². The van der Waals surface area contributed by atoms with Gasteiger partial charge in [0.05, 0.1) is 16.3 Å². The molecule has 2 amide bonds. The van der Waals surface area contributed by atoms with Gasteiger partial charge in [-0.1, -0.05) is 30.3 Å². The molecule has 5 rings (SSSR count). The van der Waals surface area contributed by atoms with Crippen molar-refractivity contribution in [2.24, 2.45) is 0 Å². The summed E-state index contributed by atoms with van der Waals surface area (Å²) in [5.74, 6) is 0.195. The molecule has 2 aromatic heterocycles. The SMILES string of the molecule is O=C(Nc1ccccc1-c1cccc(C(F)(F)F)c1)c1csc(C2CCN(C(=O)CSc3ccncc3)CC2)n1. The number of nitrogens with one attached hydrogen (secondary N) is 1. The van der Waals surface area contributed by atoms with Crippen LogP contribution in [0, 0.1) is 0 Å². The molecular formula is C29H25F3N4O2S2. The summed E-state index contributed by atoms with van der Waals surface area (Å²) >= 11 is 2.90. The van der Waals surface area contributed by atoms with Crippen molar-refractivity contribution >= 4 is 40.6 Å². The Morgan fingerprint density at radius 3 is 2.52 bits per heavy atom. The molecule has 3 heterocycles. The molecule has 4 aromatic rings. The van der Waals surface area contributed by atoms with E-state index in [-0.39, 0.29) is 17.5 Å². The Hall–Kier alpha value is -3.70. The van der Waals surface area contributed by atoms with Crippen LogP contribution in [0.5, 0.6) is 0 Å². The molecule has 206 valence electrons. The van der Waals surface area contributed by atoms with Crippen LogP contribution in [0.25, 0.3) is 11.1 Å². The van der Waals surface area contributed by atoms with Crippen molar-refractivity contribution in [3.05, 3.63) is 94.7 Å². The molecule has 1 fully saturated rings. The molecule has 6 nitrogen and oxygen atoms in total. The number of carbonyl (C=O) groups excluding carboxylic acids is 2. The molecule has 1 saturated heterocycles. The lowest BCUT2D eigenvalue weighted by molar-refractivity contribution is -0.137. The van der Waals surface area contributed by atoms with Crippen molar-refractivity contribution in [2.45, 2.75) is 29.8 Å². The summed E-state index contributed by atoms with van der Waals surface area (Å²) in [6.45, 7) is 1.26. The summed E-state index contributed by atoms with van der Waals surface area (Å²) in [5, 5.41) is 5.35. The van der Waals surface area contributed by atoms with E-state index in [0.29, 0.717) is 35.7 Å². The minimum atomic E-state index is -4.46. The monoisotopic (exact) mass is 582 g/mol. The van der Waals surface area contributed by atoms with Crippen LogP contribution in [0.3, 0.4) is 0 Å². The van der Waals surface area contributed by atoms with Gasteiger partial charge in [0.1, 0.15) is 5.69 Å². The van der Waals surface area contributed by atoms with Crippen LogP contribution in [0.15, 0.2) is 83.3 Å². The van der Waals surface area contributed by atoms with E-state index in [2.05, 4.69) is 15.3 Å². The zero-order valence-corrected chi connectivity index (χ0v) is 22.9.